The molecule has 2 aromatic heterocycles. The number of aliphatic hydroxyl groups excluding tert-OH is 1. The van der Waals surface area contributed by atoms with E-state index in [1.165, 1.54) is 10.9 Å². The number of thiazole rings is 1. The number of carboxylic acid groups (broad SMARTS) is 1. The standard InChI is InChI=1S/C27H32N6O9S2/c1-16(2)24(25(35)29-22(26(36)37)15-40-13-17-4-3-5-19(10-17)41-9-8-34)33-12-18(31-32-33)14-42-20-6-7-21-23(11-20)43-27(30-21)44(28,38)39/h3-7,10-12,16,22,24,34H,8-9,13-15H2,1-2H3,(H,29,35)(H,36,37)(H2,28,38,39)/t22?,24-/m0/s1. The van der Waals surface area contributed by atoms with Crippen LogP contribution < -0.4 is 19.9 Å². The fourth-order valence-electron chi connectivity index (χ4n) is 4.11. The van der Waals surface area contributed by atoms with Crippen LogP contribution >= 0.6 is 11.3 Å². The van der Waals surface area contributed by atoms with Gasteiger partial charge in [0.1, 0.15) is 36.4 Å². The number of carboxylic acids is 1. The summed E-state index contributed by atoms with van der Waals surface area (Å²) in [7, 11) is -3.92. The van der Waals surface area contributed by atoms with Crippen LogP contribution in [-0.2, 0) is 37.6 Å². The zero-order valence-electron chi connectivity index (χ0n) is 23.8. The summed E-state index contributed by atoms with van der Waals surface area (Å²) in [4.78, 5) is 29.1. The van der Waals surface area contributed by atoms with Gasteiger partial charge in [0.2, 0.25) is 10.2 Å². The van der Waals surface area contributed by atoms with Gasteiger partial charge >= 0.3 is 5.97 Å². The van der Waals surface area contributed by atoms with Gasteiger partial charge in [-0.3, -0.25) is 4.79 Å². The highest BCUT2D eigenvalue weighted by molar-refractivity contribution is 7.91. The lowest BCUT2D eigenvalue weighted by atomic mass is 10.0. The highest BCUT2D eigenvalue weighted by Gasteiger charge is 2.30. The van der Waals surface area contributed by atoms with Gasteiger partial charge in [0.05, 0.1) is 36.2 Å². The van der Waals surface area contributed by atoms with Crippen LogP contribution in [0.15, 0.2) is 53.0 Å². The van der Waals surface area contributed by atoms with E-state index in [4.69, 9.17) is 24.5 Å². The highest BCUT2D eigenvalue weighted by atomic mass is 32.2. The zero-order valence-corrected chi connectivity index (χ0v) is 25.5. The average Bonchev–Trinajstić information content (AvgIpc) is 3.61. The minimum Gasteiger partial charge on any atom is -0.491 e. The summed E-state index contributed by atoms with van der Waals surface area (Å²) in [5.41, 5.74) is 1.60. The zero-order chi connectivity index (χ0) is 31.9. The summed E-state index contributed by atoms with van der Waals surface area (Å²) >= 11 is 0.924. The number of aliphatic hydroxyl groups is 1. The first-order valence-electron chi connectivity index (χ1n) is 13.3. The molecule has 0 bridgehead atoms. The first-order chi connectivity index (χ1) is 20.9. The number of primary sulfonamides is 1. The fraction of sp³-hybridized carbons (Fsp3) is 0.370. The first kappa shape index (κ1) is 32.7. The molecule has 0 saturated carbocycles. The molecular weight excluding hydrogens is 616 g/mol. The van der Waals surface area contributed by atoms with Crippen molar-refractivity contribution in [2.75, 3.05) is 19.8 Å². The number of nitrogens with zero attached hydrogens (tertiary/aromatic N) is 4. The van der Waals surface area contributed by atoms with Crippen molar-refractivity contribution >= 4 is 43.5 Å². The molecule has 2 atom stereocenters. The van der Waals surface area contributed by atoms with E-state index in [9.17, 15) is 23.1 Å². The summed E-state index contributed by atoms with van der Waals surface area (Å²) in [5.74, 6) is -1.13. The van der Waals surface area contributed by atoms with E-state index in [1.54, 1.807) is 56.3 Å². The number of sulfonamides is 1. The number of hydrogen-bond donors (Lipinski definition) is 4. The number of fused-ring (bicyclic) bond motifs is 1. The van der Waals surface area contributed by atoms with Gasteiger partial charge in [-0.1, -0.05) is 31.2 Å². The van der Waals surface area contributed by atoms with Crippen molar-refractivity contribution < 1.29 is 42.4 Å². The normalized spacial score (nSPS) is 13.1. The predicted molar refractivity (Wildman–Crippen MR) is 157 cm³/mol. The molecule has 0 radical (unpaired) electrons. The van der Waals surface area contributed by atoms with Crippen molar-refractivity contribution in [3.63, 3.8) is 0 Å². The lowest BCUT2D eigenvalue weighted by Gasteiger charge is -2.23. The summed E-state index contributed by atoms with van der Waals surface area (Å²) in [6.07, 6.45) is 1.53. The van der Waals surface area contributed by atoms with E-state index in [0.717, 1.165) is 16.9 Å². The third-order valence-corrected chi connectivity index (χ3v) is 8.48. The molecule has 0 saturated heterocycles. The van der Waals surface area contributed by atoms with E-state index in [-0.39, 0.29) is 43.3 Å². The Morgan fingerprint density at radius 2 is 1.89 bits per heavy atom. The van der Waals surface area contributed by atoms with Crippen molar-refractivity contribution in [3.05, 3.63) is 59.9 Å². The maximum atomic E-state index is 13.2. The molecule has 1 unspecified atom stereocenters. The summed E-state index contributed by atoms with van der Waals surface area (Å²) < 4.78 is 41.6. The Labute approximate surface area is 256 Å². The van der Waals surface area contributed by atoms with Gasteiger partial charge in [-0.2, -0.15) is 0 Å². The molecule has 0 fully saturated rings. The number of nitrogens with one attached hydrogen (secondary N) is 1. The van der Waals surface area contributed by atoms with Gasteiger partial charge in [0, 0.05) is 0 Å². The molecule has 0 aliphatic carbocycles. The quantitative estimate of drug-likeness (QED) is 0.136. The lowest BCUT2D eigenvalue weighted by molar-refractivity contribution is -0.144. The summed E-state index contributed by atoms with van der Waals surface area (Å²) in [6.45, 7) is 3.40. The Kier molecular flexibility index (Phi) is 10.8. The molecule has 2 aromatic carbocycles. The molecule has 2 heterocycles. The lowest BCUT2D eigenvalue weighted by Crippen LogP contribution is -2.47. The maximum absolute atomic E-state index is 13.2. The minimum atomic E-state index is -3.92. The first-order valence-corrected chi connectivity index (χ1v) is 15.7. The largest absolute Gasteiger partial charge is 0.491 e. The Bertz CT molecular complexity index is 1710. The number of benzene rings is 2. The highest BCUT2D eigenvalue weighted by Crippen LogP contribution is 2.28. The number of hydrogen-bond acceptors (Lipinski definition) is 12. The van der Waals surface area contributed by atoms with Gasteiger partial charge in [0.15, 0.2) is 6.04 Å². The molecule has 1 amide bonds. The Hall–Kier alpha value is -4.16. The van der Waals surface area contributed by atoms with Crippen LogP contribution in [0.1, 0.15) is 31.1 Å². The van der Waals surface area contributed by atoms with Crippen LogP contribution in [0.3, 0.4) is 0 Å². The molecule has 0 spiro atoms. The van der Waals surface area contributed by atoms with Crippen molar-refractivity contribution in [2.45, 2.75) is 43.5 Å². The second-order valence-electron chi connectivity index (χ2n) is 9.96. The third-order valence-electron chi connectivity index (χ3n) is 6.14. The Morgan fingerprint density at radius 3 is 2.59 bits per heavy atom. The van der Waals surface area contributed by atoms with E-state index in [1.807, 2.05) is 0 Å². The summed E-state index contributed by atoms with van der Waals surface area (Å²) in [6, 6.07) is 9.64. The molecular formula is C27H32N6O9S2. The van der Waals surface area contributed by atoms with Crippen molar-refractivity contribution in [2.24, 2.45) is 11.1 Å². The minimum absolute atomic E-state index is 0.00335. The van der Waals surface area contributed by atoms with Crippen molar-refractivity contribution in [1.82, 2.24) is 25.3 Å². The number of ether oxygens (including phenoxy) is 3. The molecule has 5 N–H and O–H groups in total. The summed E-state index contributed by atoms with van der Waals surface area (Å²) in [5, 5.41) is 34.5. The van der Waals surface area contributed by atoms with Crippen LogP contribution in [0.25, 0.3) is 10.2 Å². The van der Waals surface area contributed by atoms with Gasteiger partial charge < -0.3 is 29.7 Å². The number of rotatable bonds is 16. The van der Waals surface area contributed by atoms with Gasteiger partial charge in [-0.25, -0.2) is 28.0 Å². The number of nitrogens with two attached hydrogens (primary N) is 1. The molecule has 0 aliphatic heterocycles. The van der Waals surface area contributed by atoms with Gasteiger partial charge in [0.25, 0.3) is 10.0 Å². The number of amides is 1. The number of aromatic nitrogens is 4. The van der Waals surface area contributed by atoms with E-state index >= 15 is 0 Å². The van der Waals surface area contributed by atoms with E-state index in [0.29, 0.717) is 27.4 Å². The Morgan fingerprint density at radius 1 is 1.11 bits per heavy atom. The SMILES string of the molecule is CC(C)[C@@H](C(=O)NC(COCc1cccc(OCCO)c1)C(=O)O)n1cc(COc2ccc3nc(S(N)(=O)=O)sc3c2)nn1. The number of aliphatic carboxylic acids is 1. The molecule has 15 nitrogen and oxygen atoms in total. The number of carbonyl (C=O) groups excluding carboxylic acids is 1. The second kappa shape index (κ2) is 14.5. The van der Waals surface area contributed by atoms with Gasteiger partial charge in [-0.15, -0.1) is 16.4 Å². The van der Waals surface area contributed by atoms with Crippen LogP contribution in [-0.4, -0.2) is 76.3 Å². The molecule has 4 aromatic rings. The molecule has 17 heteroatoms. The van der Waals surface area contributed by atoms with Crippen LogP contribution in [0.5, 0.6) is 11.5 Å². The van der Waals surface area contributed by atoms with Crippen molar-refractivity contribution in [1.29, 1.82) is 0 Å². The van der Waals surface area contributed by atoms with E-state index < -0.39 is 34.0 Å². The van der Waals surface area contributed by atoms with Crippen LogP contribution in [0.2, 0.25) is 0 Å². The molecule has 4 rings (SSSR count). The monoisotopic (exact) mass is 648 g/mol. The molecule has 236 valence electrons. The Balaban J connectivity index is 1.35. The molecule has 0 aliphatic rings. The van der Waals surface area contributed by atoms with Crippen molar-refractivity contribution in [3.8, 4) is 11.5 Å². The van der Waals surface area contributed by atoms with Crippen LogP contribution in [0, 0.1) is 5.92 Å². The smallest absolute Gasteiger partial charge is 0.328 e. The maximum Gasteiger partial charge on any atom is 0.328 e. The molecule has 44 heavy (non-hydrogen) atoms. The topological polar surface area (TPSA) is 218 Å². The van der Waals surface area contributed by atoms with Crippen LogP contribution in [0.4, 0.5) is 0 Å². The third kappa shape index (κ3) is 8.70. The average molecular weight is 649 g/mol. The predicted octanol–water partition coefficient (Wildman–Crippen LogP) is 1.47. The fourth-order valence-corrected chi connectivity index (χ4v) is 5.80. The number of carbonyl (C=O) groups is 2. The van der Waals surface area contributed by atoms with E-state index in [2.05, 4.69) is 20.6 Å². The van der Waals surface area contributed by atoms with Gasteiger partial charge in [-0.05, 0) is 41.8 Å². The second-order valence-corrected chi connectivity index (χ2v) is 12.7.